The van der Waals surface area contributed by atoms with Crippen molar-refractivity contribution >= 4 is 32.9 Å². The summed E-state index contributed by atoms with van der Waals surface area (Å²) in [7, 11) is 1.73. The van der Waals surface area contributed by atoms with Gasteiger partial charge in [0, 0.05) is 11.5 Å². The van der Waals surface area contributed by atoms with E-state index < -0.39 is 0 Å². The summed E-state index contributed by atoms with van der Waals surface area (Å²) in [5, 5.41) is 3.19. The standard InChI is InChI=1S/C20H20BrN3O2/c1-23-16-8-2-3-9-17(16)24(19(23)26)13-18(25)22-20(10-5-11-20)14-6-4-7-15(21)12-14/h2-4,6-9,12H,5,10-11,13H2,1H3,(H,22,25). The van der Waals surface area contributed by atoms with Gasteiger partial charge in [-0.1, -0.05) is 40.2 Å². The minimum absolute atomic E-state index is 0.0237. The summed E-state index contributed by atoms with van der Waals surface area (Å²) in [6.45, 7) is 0.0237. The van der Waals surface area contributed by atoms with E-state index in [0.717, 1.165) is 40.3 Å². The van der Waals surface area contributed by atoms with Crippen molar-refractivity contribution in [2.24, 2.45) is 7.05 Å². The van der Waals surface area contributed by atoms with Gasteiger partial charge in [0.05, 0.1) is 16.6 Å². The molecule has 6 heteroatoms. The lowest BCUT2D eigenvalue weighted by atomic mass is 9.72. The Kier molecular flexibility index (Phi) is 4.23. The Bertz CT molecular complexity index is 1050. The maximum absolute atomic E-state index is 12.8. The van der Waals surface area contributed by atoms with Crippen molar-refractivity contribution in [3.63, 3.8) is 0 Å². The summed E-state index contributed by atoms with van der Waals surface area (Å²) in [5.41, 5.74) is 2.22. The van der Waals surface area contributed by atoms with Crippen LogP contribution < -0.4 is 11.0 Å². The van der Waals surface area contributed by atoms with Gasteiger partial charge in [-0.3, -0.25) is 13.9 Å². The van der Waals surface area contributed by atoms with Crippen molar-refractivity contribution in [2.75, 3.05) is 0 Å². The molecule has 1 fully saturated rings. The van der Waals surface area contributed by atoms with E-state index in [4.69, 9.17) is 0 Å². The van der Waals surface area contributed by atoms with E-state index in [9.17, 15) is 9.59 Å². The molecule has 0 unspecified atom stereocenters. The number of para-hydroxylation sites is 2. The van der Waals surface area contributed by atoms with Crippen LogP contribution in [0.25, 0.3) is 11.0 Å². The van der Waals surface area contributed by atoms with Crippen LogP contribution in [0.4, 0.5) is 0 Å². The molecule has 1 heterocycles. The van der Waals surface area contributed by atoms with Gasteiger partial charge in [0.1, 0.15) is 6.54 Å². The fourth-order valence-electron chi connectivity index (χ4n) is 3.77. The first-order chi connectivity index (χ1) is 12.5. The number of imidazole rings is 1. The van der Waals surface area contributed by atoms with Gasteiger partial charge >= 0.3 is 5.69 Å². The van der Waals surface area contributed by atoms with Gasteiger partial charge in [-0.25, -0.2) is 4.79 Å². The number of hydrogen-bond donors (Lipinski definition) is 1. The van der Waals surface area contributed by atoms with Crippen molar-refractivity contribution in [1.82, 2.24) is 14.5 Å². The molecule has 26 heavy (non-hydrogen) atoms. The van der Waals surface area contributed by atoms with E-state index in [1.807, 2.05) is 42.5 Å². The van der Waals surface area contributed by atoms with E-state index in [1.165, 1.54) is 4.57 Å². The fourth-order valence-corrected chi connectivity index (χ4v) is 4.17. The Morgan fingerprint density at radius 3 is 2.54 bits per heavy atom. The number of carbonyl (C=O) groups is 1. The SMILES string of the molecule is Cn1c(=O)n(CC(=O)NC2(c3cccc(Br)c3)CCC2)c2ccccc21. The maximum Gasteiger partial charge on any atom is 0.329 e. The minimum Gasteiger partial charge on any atom is -0.345 e. The van der Waals surface area contributed by atoms with Crippen molar-refractivity contribution in [1.29, 1.82) is 0 Å². The van der Waals surface area contributed by atoms with Crippen LogP contribution in [-0.4, -0.2) is 15.0 Å². The molecule has 0 spiro atoms. The summed E-state index contributed by atoms with van der Waals surface area (Å²) in [4.78, 5) is 25.3. The molecule has 0 atom stereocenters. The molecule has 0 saturated heterocycles. The van der Waals surface area contributed by atoms with Crippen LogP contribution in [0.5, 0.6) is 0 Å². The average Bonchev–Trinajstić information content (AvgIpc) is 2.83. The molecule has 1 saturated carbocycles. The number of nitrogens with zero attached hydrogens (tertiary/aromatic N) is 2. The molecular weight excluding hydrogens is 394 g/mol. The molecule has 0 aliphatic heterocycles. The van der Waals surface area contributed by atoms with Crippen molar-refractivity contribution in [2.45, 2.75) is 31.3 Å². The summed E-state index contributed by atoms with van der Waals surface area (Å²) in [6, 6.07) is 15.6. The van der Waals surface area contributed by atoms with Crippen LogP contribution >= 0.6 is 15.9 Å². The Labute approximate surface area is 159 Å². The monoisotopic (exact) mass is 413 g/mol. The first-order valence-corrected chi connectivity index (χ1v) is 9.51. The lowest BCUT2D eigenvalue weighted by Gasteiger charge is -2.43. The lowest BCUT2D eigenvalue weighted by Crippen LogP contribution is -2.52. The Morgan fingerprint density at radius 1 is 1.15 bits per heavy atom. The van der Waals surface area contributed by atoms with E-state index in [2.05, 4.69) is 27.3 Å². The minimum atomic E-state index is -0.324. The zero-order valence-electron chi connectivity index (χ0n) is 14.5. The number of aromatic nitrogens is 2. The second kappa shape index (κ2) is 6.43. The first-order valence-electron chi connectivity index (χ1n) is 8.71. The van der Waals surface area contributed by atoms with Gasteiger partial charge in [-0.05, 0) is 49.1 Å². The van der Waals surface area contributed by atoms with Gasteiger partial charge in [-0.15, -0.1) is 0 Å². The number of nitrogens with one attached hydrogen (secondary N) is 1. The first kappa shape index (κ1) is 17.1. The van der Waals surface area contributed by atoms with E-state index >= 15 is 0 Å². The van der Waals surface area contributed by atoms with Gasteiger partial charge in [-0.2, -0.15) is 0 Å². The molecule has 4 rings (SSSR count). The molecule has 1 amide bonds. The van der Waals surface area contributed by atoms with Crippen molar-refractivity contribution in [3.8, 4) is 0 Å². The second-order valence-electron chi connectivity index (χ2n) is 6.91. The quantitative estimate of drug-likeness (QED) is 0.713. The van der Waals surface area contributed by atoms with Crippen LogP contribution in [0.3, 0.4) is 0 Å². The second-order valence-corrected chi connectivity index (χ2v) is 7.83. The molecule has 134 valence electrons. The number of halogens is 1. The van der Waals surface area contributed by atoms with E-state index in [1.54, 1.807) is 11.6 Å². The molecule has 0 bridgehead atoms. The normalized spacial score (nSPS) is 15.6. The molecule has 5 nitrogen and oxygen atoms in total. The van der Waals surface area contributed by atoms with Gasteiger partial charge in [0.25, 0.3) is 0 Å². The predicted octanol–water partition coefficient (Wildman–Crippen LogP) is 3.30. The third-order valence-corrected chi connectivity index (χ3v) is 5.81. The highest BCUT2D eigenvalue weighted by Gasteiger charge is 2.40. The van der Waals surface area contributed by atoms with Crippen LogP contribution in [0.15, 0.2) is 57.8 Å². The highest BCUT2D eigenvalue weighted by molar-refractivity contribution is 9.10. The van der Waals surface area contributed by atoms with E-state index in [-0.39, 0.29) is 23.7 Å². The number of hydrogen-bond acceptors (Lipinski definition) is 2. The molecule has 1 N–H and O–H groups in total. The molecule has 1 aliphatic carbocycles. The van der Waals surface area contributed by atoms with Crippen LogP contribution in [0.1, 0.15) is 24.8 Å². The molecule has 2 aromatic carbocycles. The van der Waals surface area contributed by atoms with Gasteiger partial charge < -0.3 is 5.32 Å². The third-order valence-electron chi connectivity index (χ3n) is 5.32. The predicted molar refractivity (Wildman–Crippen MR) is 105 cm³/mol. The zero-order chi connectivity index (χ0) is 18.3. The average molecular weight is 414 g/mol. The maximum atomic E-state index is 12.8. The van der Waals surface area contributed by atoms with Gasteiger partial charge in [0.2, 0.25) is 5.91 Å². The number of rotatable bonds is 4. The molecule has 3 aromatic rings. The molecule has 0 radical (unpaired) electrons. The molecule has 1 aliphatic rings. The third kappa shape index (κ3) is 2.78. The largest absolute Gasteiger partial charge is 0.345 e. The number of fused-ring (bicyclic) bond motifs is 1. The molecule has 1 aromatic heterocycles. The topological polar surface area (TPSA) is 56.0 Å². The van der Waals surface area contributed by atoms with Crippen LogP contribution in [-0.2, 0) is 23.9 Å². The lowest BCUT2D eigenvalue weighted by molar-refractivity contribution is -0.125. The summed E-state index contributed by atoms with van der Waals surface area (Å²) in [5.74, 6) is -0.136. The Hall–Kier alpha value is -2.34. The Morgan fingerprint density at radius 2 is 1.88 bits per heavy atom. The van der Waals surface area contributed by atoms with Crippen LogP contribution in [0.2, 0.25) is 0 Å². The summed E-state index contributed by atoms with van der Waals surface area (Å²) in [6.07, 6.45) is 2.92. The number of carbonyl (C=O) groups excluding carboxylic acids is 1. The summed E-state index contributed by atoms with van der Waals surface area (Å²) >= 11 is 3.51. The number of benzene rings is 2. The highest BCUT2D eigenvalue weighted by atomic mass is 79.9. The van der Waals surface area contributed by atoms with Gasteiger partial charge in [0.15, 0.2) is 0 Å². The van der Waals surface area contributed by atoms with E-state index in [0.29, 0.717) is 0 Å². The number of aryl methyl sites for hydroxylation is 1. The van der Waals surface area contributed by atoms with Crippen molar-refractivity contribution in [3.05, 3.63) is 69.1 Å². The smallest absolute Gasteiger partial charge is 0.329 e. The fraction of sp³-hybridized carbons (Fsp3) is 0.300. The Balaban J connectivity index is 1.62. The summed E-state index contributed by atoms with van der Waals surface area (Å²) < 4.78 is 4.12. The number of amides is 1. The van der Waals surface area contributed by atoms with Crippen LogP contribution in [0, 0.1) is 0 Å². The van der Waals surface area contributed by atoms with Crippen molar-refractivity contribution < 1.29 is 4.79 Å². The zero-order valence-corrected chi connectivity index (χ0v) is 16.1. The molecular formula is C20H20BrN3O2. The highest BCUT2D eigenvalue weighted by Crippen LogP contribution is 2.41.